The van der Waals surface area contributed by atoms with E-state index in [2.05, 4.69) is 52.0 Å². The van der Waals surface area contributed by atoms with E-state index in [1.54, 1.807) is 23.1 Å². The van der Waals surface area contributed by atoms with Gasteiger partial charge in [-0.25, -0.2) is 0 Å². The molecule has 0 amide bonds. The number of para-hydroxylation sites is 2. The smallest absolute Gasteiger partial charge is 0.262 e. The molecule has 0 bridgehead atoms. The van der Waals surface area contributed by atoms with Crippen LogP contribution in [0.15, 0.2) is 70.6 Å². The number of β-amino-alcohol motifs (C(OH)–C–C–N with tert-alkyl or cyclic N) is 1. The number of thioether (sulfide) groups is 1. The van der Waals surface area contributed by atoms with Crippen molar-refractivity contribution >= 4 is 45.1 Å². The van der Waals surface area contributed by atoms with Gasteiger partial charge in [0.25, 0.3) is 5.01 Å². The number of aromatic nitrogens is 1. The van der Waals surface area contributed by atoms with Crippen molar-refractivity contribution in [1.29, 1.82) is 0 Å². The van der Waals surface area contributed by atoms with Crippen LogP contribution in [0.2, 0.25) is 0 Å². The maximum atomic E-state index is 9.43. The summed E-state index contributed by atoms with van der Waals surface area (Å²) in [7, 11) is 0. The predicted molar refractivity (Wildman–Crippen MR) is 113 cm³/mol. The average Bonchev–Trinajstić information content (AvgIpc) is 3.21. The molecule has 0 fully saturated rings. The van der Waals surface area contributed by atoms with E-state index in [-0.39, 0.29) is 13.2 Å². The van der Waals surface area contributed by atoms with Gasteiger partial charge in [-0.1, -0.05) is 53.4 Å². The summed E-state index contributed by atoms with van der Waals surface area (Å²) in [5, 5.41) is 21.1. The van der Waals surface area contributed by atoms with Crippen LogP contribution in [0.4, 0.5) is 5.69 Å². The van der Waals surface area contributed by atoms with Crippen LogP contribution in [0.25, 0.3) is 16.3 Å². The summed E-state index contributed by atoms with van der Waals surface area (Å²) in [6.45, 7) is 1.39. The van der Waals surface area contributed by atoms with Crippen molar-refractivity contribution in [3.8, 4) is 0 Å². The van der Waals surface area contributed by atoms with Crippen molar-refractivity contribution in [2.75, 3.05) is 24.7 Å². The zero-order valence-electron chi connectivity index (χ0n) is 14.8. The van der Waals surface area contributed by atoms with Crippen LogP contribution in [0.5, 0.6) is 0 Å². The van der Waals surface area contributed by atoms with Gasteiger partial charge < -0.3 is 15.1 Å². The Morgan fingerprint density at radius 3 is 2.67 bits per heavy atom. The molecule has 4 rings (SSSR count). The molecule has 1 aromatic heterocycles. The van der Waals surface area contributed by atoms with Crippen molar-refractivity contribution in [1.82, 2.24) is 0 Å². The van der Waals surface area contributed by atoms with Crippen LogP contribution < -0.4 is 9.47 Å². The van der Waals surface area contributed by atoms with Crippen molar-refractivity contribution < 1.29 is 14.8 Å². The lowest BCUT2D eigenvalue weighted by atomic mass is 10.3. The highest BCUT2D eigenvalue weighted by molar-refractivity contribution is 8.03. The van der Waals surface area contributed by atoms with Crippen LogP contribution in [-0.4, -0.2) is 30.0 Å². The quantitative estimate of drug-likeness (QED) is 0.624. The molecule has 0 saturated carbocycles. The summed E-state index contributed by atoms with van der Waals surface area (Å²) >= 11 is 3.44. The lowest BCUT2D eigenvalue weighted by Gasteiger charge is -2.18. The van der Waals surface area contributed by atoms with Gasteiger partial charge in [-0.15, -0.1) is 0 Å². The third kappa shape index (κ3) is 3.66. The number of benzene rings is 2. The molecule has 6 heteroatoms. The molecule has 4 nitrogen and oxygen atoms in total. The van der Waals surface area contributed by atoms with Crippen LogP contribution in [0, 0.1) is 0 Å². The predicted octanol–water partition coefficient (Wildman–Crippen LogP) is 3.64. The van der Waals surface area contributed by atoms with E-state index in [9.17, 15) is 10.2 Å². The van der Waals surface area contributed by atoms with Crippen molar-refractivity contribution in [3.05, 3.63) is 70.7 Å². The minimum atomic E-state index is 0.114. The molecule has 0 radical (unpaired) electrons. The minimum Gasteiger partial charge on any atom is -0.395 e. The van der Waals surface area contributed by atoms with Crippen LogP contribution >= 0.6 is 23.1 Å². The topological polar surface area (TPSA) is 47.6 Å². The summed E-state index contributed by atoms with van der Waals surface area (Å²) in [6.07, 6.45) is 6.24. The van der Waals surface area contributed by atoms with Crippen molar-refractivity contribution in [2.45, 2.75) is 11.4 Å². The van der Waals surface area contributed by atoms with Gasteiger partial charge in [0, 0.05) is 23.6 Å². The average molecular weight is 398 g/mol. The standard InChI is InChI=1S/C21H21N2O2S2/c24-14-12-22-16-6-1-3-8-18(16)26-20(22)10-5-11-21-23(13-15-25)17-7-2-4-9-19(17)27-21/h1-11,24-25H,12-15H2/q+1. The van der Waals surface area contributed by atoms with E-state index >= 15 is 0 Å². The molecule has 0 saturated heterocycles. The molecular weight excluding hydrogens is 376 g/mol. The van der Waals surface area contributed by atoms with Crippen molar-refractivity contribution in [3.63, 3.8) is 0 Å². The number of allylic oxidation sites excluding steroid dienone is 2. The largest absolute Gasteiger partial charge is 0.395 e. The van der Waals surface area contributed by atoms with Gasteiger partial charge in [0.1, 0.15) is 11.3 Å². The van der Waals surface area contributed by atoms with E-state index < -0.39 is 0 Å². The Hall–Kier alpha value is -2.12. The number of aliphatic hydroxyl groups excluding tert-OH is 2. The van der Waals surface area contributed by atoms with E-state index in [0.717, 1.165) is 21.2 Å². The van der Waals surface area contributed by atoms with Gasteiger partial charge in [0.2, 0.25) is 5.52 Å². The Kier molecular flexibility index (Phi) is 5.59. The maximum Gasteiger partial charge on any atom is 0.262 e. The number of hydrogen-bond acceptors (Lipinski definition) is 5. The van der Waals surface area contributed by atoms with Gasteiger partial charge in [0.05, 0.1) is 17.3 Å². The second-order valence-corrected chi connectivity index (χ2v) is 8.22. The van der Waals surface area contributed by atoms with Gasteiger partial charge in [0.15, 0.2) is 6.54 Å². The molecule has 0 spiro atoms. The van der Waals surface area contributed by atoms with Crippen molar-refractivity contribution in [2.24, 2.45) is 0 Å². The fourth-order valence-electron chi connectivity index (χ4n) is 3.23. The van der Waals surface area contributed by atoms with Gasteiger partial charge in [-0.05, 0) is 24.3 Å². The SMILES string of the molecule is OCCN1C(=CC=Cc2sc3ccccc3[n+]2CCO)Sc2ccccc21. The first-order chi connectivity index (χ1) is 13.3. The lowest BCUT2D eigenvalue weighted by Crippen LogP contribution is -2.36. The molecule has 1 aliphatic rings. The monoisotopic (exact) mass is 397 g/mol. The Labute approximate surface area is 166 Å². The third-order valence-electron chi connectivity index (χ3n) is 4.40. The zero-order valence-corrected chi connectivity index (χ0v) is 16.4. The Morgan fingerprint density at radius 2 is 1.81 bits per heavy atom. The highest BCUT2D eigenvalue weighted by atomic mass is 32.2. The summed E-state index contributed by atoms with van der Waals surface area (Å²) < 4.78 is 3.36. The molecule has 27 heavy (non-hydrogen) atoms. The summed E-state index contributed by atoms with van der Waals surface area (Å²) in [5.74, 6) is 0. The molecule has 138 valence electrons. The van der Waals surface area contributed by atoms with Crippen LogP contribution in [0.3, 0.4) is 0 Å². The van der Waals surface area contributed by atoms with Crippen LogP contribution in [-0.2, 0) is 6.54 Å². The molecule has 0 aliphatic carbocycles. The molecule has 1 aliphatic heterocycles. The number of fused-ring (bicyclic) bond motifs is 2. The normalized spacial score (nSPS) is 15.3. The second kappa shape index (κ2) is 8.27. The number of thiazole rings is 1. The second-order valence-electron chi connectivity index (χ2n) is 6.09. The molecule has 3 aromatic rings. The van der Waals surface area contributed by atoms with Gasteiger partial charge in [-0.2, -0.15) is 4.57 Å². The molecule has 2 aromatic carbocycles. The molecule has 0 atom stereocenters. The summed E-state index contributed by atoms with van der Waals surface area (Å²) in [4.78, 5) is 3.36. The van der Waals surface area contributed by atoms with E-state index in [4.69, 9.17) is 0 Å². The first-order valence-electron chi connectivity index (χ1n) is 8.87. The summed E-state index contributed by atoms with van der Waals surface area (Å²) in [6, 6.07) is 16.5. The summed E-state index contributed by atoms with van der Waals surface area (Å²) in [5.41, 5.74) is 2.29. The Balaban J connectivity index is 1.64. The molecule has 0 unspecified atom stereocenters. The van der Waals surface area contributed by atoms with Gasteiger partial charge in [-0.3, -0.25) is 0 Å². The van der Waals surface area contributed by atoms with Crippen LogP contribution in [0.1, 0.15) is 5.01 Å². The Bertz CT molecular complexity index is 1010. The maximum absolute atomic E-state index is 9.43. The number of anilines is 1. The highest BCUT2D eigenvalue weighted by Crippen LogP contribution is 2.45. The fourth-order valence-corrected chi connectivity index (χ4v) is 5.43. The Morgan fingerprint density at radius 1 is 1.00 bits per heavy atom. The highest BCUT2D eigenvalue weighted by Gasteiger charge is 2.23. The first-order valence-corrected chi connectivity index (χ1v) is 10.5. The molecule has 2 N–H and O–H groups in total. The number of nitrogens with zero attached hydrogens (tertiary/aromatic N) is 2. The fraction of sp³-hybridized carbons (Fsp3) is 0.190. The third-order valence-corrected chi connectivity index (χ3v) is 6.66. The minimum absolute atomic E-state index is 0.114. The first kappa shape index (κ1) is 18.3. The molecule has 2 heterocycles. The number of aliphatic hydroxyl groups is 2. The molecular formula is C21H21N2O2S2+. The zero-order chi connectivity index (χ0) is 18.6. The van der Waals surface area contributed by atoms with E-state index in [1.165, 1.54) is 9.60 Å². The number of hydrogen-bond donors (Lipinski definition) is 2. The lowest BCUT2D eigenvalue weighted by molar-refractivity contribution is -0.670. The number of rotatable bonds is 6. The van der Waals surface area contributed by atoms with E-state index in [0.29, 0.717) is 13.1 Å². The van der Waals surface area contributed by atoms with Gasteiger partial charge >= 0.3 is 0 Å². The van der Waals surface area contributed by atoms with E-state index in [1.807, 2.05) is 24.3 Å².